The number of hydrogen-bond donors (Lipinski definition) is 1. The van der Waals surface area contributed by atoms with Crippen molar-refractivity contribution in [3.05, 3.63) is 112 Å². The highest BCUT2D eigenvalue weighted by molar-refractivity contribution is 5.80. The zero-order valence-corrected chi connectivity index (χ0v) is 20.2. The van der Waals surface area contributed by atoms with Crippen LogP contribution < -0.4 is 19.8 Å². The number of rotatable bonds is 4. The van der Waals surface area contributed by atoms with Gasteiger partial charge < -0.3 is 19.4 Å². The maximum absolute atomic E-state index is 13.5. The van der Waals surface area contributed by atoms with Crippen LogP contribution in [0.4, 0.5) is 5.95 Å². The number of hydrogen-bond acceptors (Lipinski definition) is 6. The Morgan fingerprint density at radius 2 is 1.70 bits per heavy atom. The van der Waals surface area contributed by atoms with Crippen LogP contribution in [0, 0.1) is 0 Å². The second kappa shape index (κ2) is 8.48. The lowest BCUT2D eigenvalue weighted by Crippen LogP contribution is -2.35. The normalized spacial score (nSPS) is 17.9. The molecule has 5 aromatic rings. The number of fused-ring (bicyclic) bond motifs is 3. The Labute approximate surface area is 213 Å². The van der Waals surface area contributed by atoms with Crippen LogP contribution in [0.5, 0.6) is 11.5 Å². The van der Waals surface area contributed by atoms with Crippen molar-refractivity contribution in [2.45, 2.75) is 25.1 Å². The Kier molecular flexibility index (Phi) is 4.96. The molecule has 7 rings (SSSR count). The number of H-pyrrole nitrogens is 1. The SMILES string of the molecule is COc1ccc(-c2cnc(N3Cc4c([nH]c5ccccc5c4=O)C3C3Cc4ccccc4O3)nc2)cc1. The van der Waals surface area contributed by atoms with Gasteiger partial charge in [-0.3, -0.25) is 4.79 Å². The molecule has 3 aromatic carbocycles. The van der Waals surface area contributed by atoms with Gasteiger partial charge in [0, 0.05) is 40.8 Å². The number of pyridine rings is 1. The van der Waals surface area contributed by atoms with E-state index in [2.05, 4.69) is 16.0 Å². The summed E-state index contributed by atoms with van der Waals surface area (Å²) in [6, 6.07) is 23.3. The predicted molar refractivity (Wildman–Crippen MR) is 142 cm³/mol. The van der Waals surface area contributed by atoms with Crippen LogP contribution in [0.1, 0.15) is 22.9 Å². The number of anilines is 1. The summed E-state index contributed by atoms with van der Waals surface area (Å²) >= 11 is 0. The first-order valence-corrected chi connectivity index (χ1v) is 12.3. The third-order valence-corrected chi connectivity index (χ3v) is 7.34. The van der Waals surface area contributed by atoms with Crippen LogP contribution >= 0.6 is 0 Å². The van der Waals surface area contributed by atoms with Gasteiger partial charge in [-0.25, -0.2) is 9.97 Å². The standard InChI is InChI=1S/C30H24N4O3/c1-36-21-12-10-18(11-13-21)20-15-31-30(32-16-20)34-17-23-27(33-24-8-4-3-7-22(24)29(23)35)28(34)26-14-19-6-2-5-9-25(19)37-26/h2-13,15-16,26,28H,14,17H2,1H3,(H,33,35). The summed E-state index contributed by atoms with van der Waals surface area (Å²) in [6.07, 6.45) is 4.22. The molecule has 0 radical (unpaired) electrons. The molecule has 0 aliphatic carbocycles. The fourth-order valence-corrected chi connectivity index (χ4v) is 5.50. The molecule has 0 spiro atoms. The summed E-state index contributed by atoms with van der Waals surface area (Å²) in [7, 11) is 1.65. The van der Waals surface area contributed by atoms with Gasteiger partial charge in [-0.2, -0.15) is 0 Å². The van der Waals surface area contributed by atoms with E-state index in [0.717, 1.165) is 45.8 Å². The van der Waals surface area contributed by atoms with Crippen molar-refractivity contribution in [1.29, 1.82) is 0 Å². The number of methoxy groups -OCH3 is 1. The van der Waals surface area contributed by atoms with E-state index in [1.807, 2.05) is 79.1 Å². The molecule has 0 fully saturated rings. The first kappa shape index (κ1) is 21.6. The average Bonchev–Trinajstić information content (AvgIpc) is 3.55. The number of aromatic amines is 1. The Hall–Kier alpha value is -4.65. The number of ether oxygens (including phenoxy) is 2. The van der Waals surface area contributed by atoms with Gasteiger partial charge in [0.05, 0.1) is 19.3 Å². The number of aromatic nitrogens is 3. The molecule has 2 aromatic heterocycles. The minimum absolute atomic E-state index is 0.0437. The van der Waals surface area contributed by atoms with Crippen molar-refractivity contribution in [3.8, 4) is 22.6 Å². The average molecular weight is 489 g/mol. The summed E-state index contributed by atoms with van der Waals surface area (Å²) in [4.78, 5) is 28.7. The molecule has 0 bridgehead atoms. The second-order valence-electron chi connectivity index (χ2n) is 9.43. The molecule has 0 amide bonds. The van der Waals surface area contributed by atoms with Gasteiger partial charge in [-0.1, -0.05) is 42.5 Å². The Morgan fingerprint density at radius 3 is 2.49 bits per heavy atom. The highest BCUT2D eigenvalue weighted by Gasteiger charge is 2.43. The second-order valence-corrected chi connectivity index (χ2v) is 9.43. The fraction of sp³-hybridized carbons (Fsp3) is 0.167. The lowest BCUT2D eigenvalue weighted by atomic mass is 10.00. The highest BCUT2D eigenvalue weighted by Crippen LogP contribution is 2.42. The molecule has 4 heterocycles. The molecule has 2 atom stereocenters. The summed E-state index contributed by atoms with van der Waals surface area (Å²) in [5, 5.41) is 0.688. The maximum atomic E-state index is 13.5. The highest BCUT2D eigenvalue weighted by atomic mass is 16.5. The molecule has 0 saturated heterocycles. The van der Waals surface area contributed by atoms with E-state index in [1.165, 1.54) is 5.56 Å². The molecule has 0 saturated carbocycles. The van der Waals surface area contributed by atoms with Crippen LogP contribution in [0.2, 0.25) is 0 Å². The van der Waals surface area contributed by atoms with Crippen molar-refractivity contribution in [2.75, 3.05) is 12.0 Å². The van der Waals surface area contributed by atoms with Gasteiger partial charge in [-0.15, -0.1) is 0 Å². The van der Waals surface area contributed by atoms with E-state index in [4.69, 9.17) is 19.4 Å². The van der Waals surface area contributed by atoms with Gasteiger partial charge in [-0.05, 0) is 41.5 Å². The van der Waals surface area contributed by atoms with E-state index in [-0.39, 0.29) is 17.6 Å². The van der Waals surface area contributed by atoms with Gasteiger partial charge in [0.2, 0.25) is 5.95 Å². The lowest BCUT2D eigenvalue weighted by Gasteiger charge is -2.29. The van der Waals surface area contributed by atoms with Crippen molar-refractivity contribution < 1.29 is 9.47 Å². The fourth-order valence-electron chi connectivity index (χ4n) is 5.50. The molecule has 2 unspecified atom stereocenters. The number of benzene rings is 3. The molecule has 2 aliphatic rings. The molecule has 2 aliphatic heterocycles. The molecule has 7 nitrogen and oxygen atoms in total. The minimum atomic E-state index is -0.230. The number of nitrogens with zero attached hydrogens (tertiary/aromatic N) is 3. The third kappa shape index (κ3) is 3.54. The molecular weight excluding hydrogens is 464 g/mol. The maximum Gasteiger partial charge on any atom is 0.226 e. The van der Waals surface area contributed by atoms with E-state index < -0.39 is 0 Å². The van der Waals surface area contributed by atoms with Gasteiger partial charge in [0.25, 0.3) is 0 Å². The number of para-hydroxylation sites is 2. The molecule has 7 heteroatoms. The zero-order chi connectivity index (χ0) is 24.9. The van der Waals surface area contributed by atoms with Crippen molar-refractivity contribution >= 4 is 16.9 Å². The van der Waals surface area contributed by atoms with Crippen LogP contribution in [-0.4, -0.2) is 28.2 Å². The van der Waals surface area contributed by atoms with Crippen LogP contribution in [0.15, 0.2) is 90.0 Å². The quantitative estimate of drug-likeness (QED) is 0.381. The summed E-state index contributed by atoms with van der Waals surface area (Å²) in [6.45, 7) is 0.415. The Morgan fingerprint density at radius 1 is 0.946 bits per heavy atom. The predicted octanol–water partition coefficient (Wildman–Crippen LogP) is 5.06. The van der Waals surface area contributed by atoms with E-state index in [0.29, 0.717) is 17.9 Å². The smallest absolute Gasteiger partial charge is 0.226 e. The minimum Gasteiger partial charge on any atom is -0.497 e. The van der Waals surface area contributed by atoms with Crippen molar-refractivity contribution in [2.24, 2.45) is 0 Å². The molecule has 1 N–H and O–H groups in total. The molecular formula is C30H24N4O3. The van der Waals surface area contributed by atoms with Crippen LogP contribution in [0.25, 0.3) is 22.0 Å². The first-order valence-electron chi connectivity index (χ1n) is 12.3. The van der Waals surface area contributed by atoms with Crippen molar-refractivity contribution in [3.63, 3.8) is 0 Å². The van der Waals surface area contributed by atoms with Crippen molar-refractivity contribution in [1.82, 2.24) is 15.0 Å². The molecule has 37 heavy (non-hydrogen) atoms. The number of nitrogens with one attached hydrogen (secondary N) is 1. The monoisotopic (exact) mass is 488 g/mol. The third-order valence-electron chi connectivity index (χ3n) is 7.34. The summed E-state index contributed by atoms with van der Waals surface area (Å²) in [5.41, 5.74) is 5.57. The largest absolute Gasteiger partial charge is 0.497 e. The molecule has 182 valence electrons. The van der Waals surface area contributed by atoms with Crippen LogP contribution in [0.3, 0.4) is 0 Å². The van der Waals surface area contributed by atoms with E-state index >= 15 is 0 Å². The summed E-state index contributed by atoms with van der Waals surface area (Å²) in [5.74, 6) is 2.25. The van der Waals surface area contributed by atoms with E-state index in [9.17, 15) is 4.79 Å². The van der Waals surface area contributed by atoms with Crippen LogP contribution in [-0.2, 0) is 13.0 Å². The van der Waals surface area contributed by atoms with Gasteiger partial charge in [0.1, 0.15) is 23.6 Å². The summed E-state index contributed by atoms with van der Waals surface area (Å²) < 4.78 is 11.7. The zero-order valence-electron chi connectivity index (χ0n) is 20.2. The van der Waals surface area contributed by atoms with E-state index in [1.54, 1.807) is 7.11 Å². The topological polar surface area (TPSA) is 80.3 Å². The Balaban J connectivity index is 1.30. The lowest BCUT2D eigenvalue weighted by molar-refractivity contribution is 0.195. The Bertz CT molecular complexity index is 1650. The van der Waals surface area contributed by atoms with Gasteiger partial charge >= 0.3 is 0 Å². The van der Waals surface area contributed by atoms with Gasteiger partial charge in [0.15, 0.2) is 5.43 Å². The first-order chi connectivity index (χ1) is 18.2.